The number of pyridine rings is 1. The van der Waals surface area contributed by atoms with Crippen LogP contribution in [0.4, 0.5) is 5.82 Å². The van der Waals surface area contributed by atoms with Crippen LogP contribution < -0.4 is 10.6 Å². The van der Waals surface area contributed by atoms with Crippen LogP contribution in [0.3, 0.4) is 0 Å². The van der Waals surface area contributed by atoms with Gasteiger partial charge < -0.3 is 15.7 Å². The Hall–Kier alpha value is -2.11. The number of rotatable bonds is 4. The van der Waals surface area contributed by atoms with Crippen molar-refractivity contribution in [2.75, 3.05) is 18.5 Å². The fourth-order valence-corrected chi connectivity index (χ4v) is 1.28. The molecular formula is C10H13N3O3. The van der Waals surface area contributed by atoms with Gasteiger partial charge in [-0.1, -0.05) is 0 Å². The fourth-order valence-electron chi connectivity index (χ4n) is 1.28. The zero-order chi connectivity index (χ0) is 12.3. The molecule has 3 N–H and O–H groups in total. The summed E-state index contributed by atoms with van der Waals surface area (Å²) >= 11 is 0. The van der Waals surface area contributed by atoms with Gasteiger partial charge in [-0.15, -0.1) is 0 Å². The Balaban J connectivity index is 3.04. The maximum Gasteiger partial charge on any atom is 0.335 e. The summed E-state index contributed by atoms with van der Waals surface area (Å²) in [5.41, 5.74) is 5.75. The van der Waals surface area contributed by atoms with Gasteiger partial charge in [-0.05, 0) is 19.1 Å². The zero-order valence-electron chi connectivity index (χ0n) is 9.10. The average molecular weight is 223 g/mol. The lowest BCUT2D eigenvalue weighted by Gasteiger charge is -2.16. The number of aromatic nitrogens is 1. The van der Waals surface area contributed by atoms with E-state index in [0.717, 1.165) is 0 Å². The van der Waals surface area contributed by atoms with E-state index in [9.17, 15) is 9.59 Å². The molecule has 0 fully saturated rings. The molecule has 16 heavy (non-hydrogen) atoms. The van der Waals surface area contributed by atoms with Crippen LogP contribution in [0.1, 0.15) is 16.1 Å². The van der Waals surface area contributed by atoms with Crippen molar-refractivity contribution in [3.05, 3.63) is 23.4 Å². The minimum absolute atomic E-state index is 0.00445. The number of nitrogens with zero attached hydrogens (tertiary/aromatic N) is 2. The van der Waals surface area contributed by atoms with Gasteiger partial charge in [-0.25, -0.2) is 9.78 Å². The van der Waals surface area contributed by atoms with Crippen molar-refractivity contribution in [3.63, 3.8) is 0 Å². The molecular weight excluding hydrogens is 210 g/mol. The first-order valence-corrected chi connectivity index (χ1v) is 4.61. The second-order valence-electron chi connectivity index (χ2n) is 3.48. The first-order valence-electron chi connectivity index (χ1n) is 4.61. The zero-order valence-corrected chi connectivity index (χ0v) is 9.10. The molecule has 0 bridgehead atoms. The highest BCUT2D eigenvalue weighted by atomic mass is 16.4. The highest BCUT2D eigenvalue weighted by molar-refractivity contribution is 5.89. The Morgan fingerprint density at radius 1 is 1.50 bits per heavy atom. The van der Waals surface area contributed by atoms with Gasteiger partial charge in [0, 0.05) is 12.7 Å². The number of carboxylic acids is 1. The fraction of sp³-hybridized carbons (Fsp3) is 0.300. The molecule has 6 heteroatoms. The van der Waals surface area contributed by atoms with Crippen molar-refractivity contribution in [2.45, 2.75) is 6.92 Å². The van der Waals surface area contributed by atoms with Gasteiger partial charge >= 0.3 is 5.97 Å². The number of anilines is 1. The van der Waals surface area contributed by atoms with Crippen LogP contribution in [0, 0.1) is 6.92 Å². The van der Waals surface area contributed by atoms with Crippen molar-refractivity contribution in [3.8, 4) is 0 Å². The van der Waals surface area contributed by atoms with Crippen LogP contribution in [0.2, 0.25) is 0 Å². The molecule has 0 unspecified atom stereocenters. The number of carbonyl (C=O) groups excluding carboxylic acids is 1. The number of likely N-dealkylation sites (N-methyl/N-ethyl adjacent to an activating group) is 1. The Labute approximate surface area is 92.7 Å². The molecule has 0 atom stereocenters. The third-order valence-electron chi connectivity index (χ3n) is 1.97. The van der Waals surface area contributed by atoms with E-state index >= 15 is 0 Å². The van der Waals surface area contributed by atoms with Crippen LogP contribution >= 0.6 is 0 Å². The summed E-state index contributed by atoms with van der Waals surface area (Å²) in [6.07, 6.45) is 0. The minimum atomic E-state index is -1.03. The number of carboxylic acid groups (broad SMARTS) is 1. The number of nitrogens with two attached hydrogens (primary N) is 1. The summed E-state index contributed by atoms with van der Waals surface area (Å²) in [5, 5.41) is 8.86. The third-order valence-corrected chi connectivity index (χ3v) is 1.97. The number of carbonyl (C=O) groups is 2. The normalized spacial score (nSPS) is 9.88. The molecule has 0 radical (unpaired) electrons. The predicted octanol–water partition coefficient (Wildman–Crippen LogP) is 0.00972. The molecule has 6 nitrogen and oxygen atoms in total. The molecule has 0 saturated carbocycles. The number of hydrogen-bond donors (Lipinski definition) is 2. The van der Waals surface area contributed by atoms with Crippen LogP contribution in [-0.2, 0) is 4.79 Å². The molecule has 1 aromatic rings. The number of aromatic carboxylic acids is 1. The molecule has 1 rings (SSSR count). The highest BCUT2D eigenvalue weighted by Crippen LogP contribution is 2.13. The van der Waals surface area contributed by atoms with Crippen molar-refractivity contribution in [1.82, 2.24) is 4.98 Å². The van der Waals surface area contributed by atoms with Gasteiger partial charge in [0.15, 0.2) is 0 Å². The van der Waals surface area contributed by atoms with E-state index in [4.69, 9.17) is 10.8 Å². The third kappa shape index (κ3) is 2.94. The number of primary amides is 1. The molecule has 86 valence electrons. The SMILES string of the molecule is Cc1cc(C(=O)O)cc(N(C)CC(N)=O)n1. The molecule has 0 saturated heterocycles. The van der Waals surface area contributed by atoms with Crippen molar-refractivity contribution < 1.29 is 14.7 Å². The van der Waals surface area contributed by atoms with Crippen LogP contribution in [-0.4, -0.2) is 35.6 Å². The quantitative estimate of drug-likeness (QED) is 0.749. The number of hydrogen-bond acceptors (Lipinski definition) is 4. The van der Waals surface area contributed by atoms with Gasteiger partial charge in [-0.3, -0.25) is 4.79 Å². The molecule has 0 aliphatic carbocycles. The first kappa shape index (κ1) is 12.0. The standard InChI is InChI=1S/C10H13N3O3/c1-6-3-7(10(15)16)4-9(12-6)13(2)5-8(11)14/h3-4H,5H2,1-2H3,(H2,11,14)(H,15,16). The van der Waals surface area contributed by atoms with E-state index in [-0.39, 0.29) is 12.1 Å². The molecule has 1 amide bonds. The van der Waals surface area contributed by atoms with Crippen LogP contribution in [0.25, 0.3) is 0 Å². The predicted molar refractivity (Wildman–Crippen MR) is 58.4 cm³/mol. The van der Waals surface area contributed by atoms with E-state index in [2.05, 4.69) is 4.98 Å². The second kappa shape index (κ2) is 4.61. The van der Waals surface area contributed by atoms with Gasteiger partial charge in [0.1, 0.15) is 5.82 Å². The molecule has 1 aromatic heterocycles. The summed E-state index contributed by atoms with van der Waals surface area (Å²) in [6, 6.07) is 2.86. The lowest BCUT2D eigenvalue weighted by atomic mass is 10.2. The van der Waals surface area contributed by atoms with E-state index in [0.29, 0.717) is 11.5 Å². The van der Waals surface area contributed by atoms with Gasteiger partial charge in [0.2, 0.25) is 5.91 Å². The first-order chi connectivity index (χ1) is 7.40. The van der Waals surface area contributed by atoms with E-state index in [1.54, 1.807) is 14.0 Å². The Morgan fingerprint density at radius 2 is 2.12 bits per heavy atom. The summed E-state index contributed by atoms with van der Waals surface area (Å²) in [5.74, 6) is -1.11. The Kier molecular flexibility index (Phi) is 3.44. The van der Waals surface area contributed by atoms with Gasteiger partial charge in [0.25, 0.3) is 0 Å². The minimum Gasteiger partial charge on any atom is -0.478 e. The molecule has 1 heterocycles. The lowest BCUT2D eigenvalue weighted by molar-refractivity contribution is -0.116. The van der Waals surface area contributed by atoms with E-state index in [1.165, 1.54) is 17.0 Å². The summed E-state index contributed by atoms with van der Waals surface area (Å²) in [6.45, 7) is 1.68. The monoisotopic (exact) mass is 223 g/mol. The Bertz CT molecular complexity index is 431. The molecule has 0 aliphatic rings. The van der Waals surface area contributed by atoms with Crippen LogP contribution in [0.5, 0.6) is 0 Å². The maximum absolute atomic E-state index is 10.8. The Morgan fingerprint density at radius 3 is 2.62 bits per heavy atom. The average Bonchev–Trinajstić information content (AvgIpc) is 2.15. The van der Waals surface area contributed by atoms with Gasteiger partial charge in [-0.2, -0.15) is 0 Å². The van der Waals surface area contributed by atoms with Gasteiger partial charge in [0.05, 0.1) is 12.1 Å². The number of aryl methyl sites for hydroxylation is 1. The molecule has 0 aromatic carbocycles. The van der Waals surface area contributed by atoms with Crippen LogP contribution in [0.15, 0.2) is 12.1 Å². The summed E-state index contributed by atoms with van der Waals surface area (Å²) in [7, 11) is 1.62. The van der Waals surface area contributed by atoms with E-state index < -0.39 is 11.9 Å². The molecule has 0 spiro atoms. The van der Waals surface area contributed by atoms with Crippen molar-refractivity contribution in [2.24, 2.45) is 5.73 Å². The number of amides is 1. The summed E-state index contributed by atoms with van der Waals surface area (Å²) < 4.78 is 0. The van der Waals surface area contributed by atoms with Crippen molar-refractivity contribution in [1.29, 1.82) is 0 Å². The highest BCUT2D eigenvalue weighted by Gasteiger charge is 2.10. The van der Waals surface area contributed by atoms with Crippen molar-refractivity contribution >= 4 is 17.7 Å². The largest absolute Gasteiger partial charge is 0.478 e. The summed E-state index contributed by atoms with van der Waals surface area (Å²) in [4.78, 5) is 27.2. The van der Waals surface area contributed by atoms with E-state index in [1.807, 2.05) is 0 Å². The topological polar surface area (TPSA) is 96.5 Å². The maximum atomic E-state index is 10.8. The second-order valence-corrected chi connectivity index (χ2v) is 3.48. The lowest BCUT2D eigenvalue weighted by Crippen LogP contribution is -2.31. The smallest absolute Gasteiger partial charge is 0.335 e. The molecule has 0 aliphatic heterocycles.